The molecular weight excluding hydrogens is 434 g/mol. The lowest BCUT2D eigenvalue weighted by Gasteiger charge is -2.35. The predicted molar refractivity (Wildman–Crippen MR) is 131 cm³/mol. The highest BCUT2D eigenvalue weighted by molar-refractivity contribution is 5.84. The zero-order valence-electron chi connectivity index (χ0n) is 21.1. The summed E-state index contributed by atoms with van der Waals surface area (Å²) < 4.78 is 11.2. The van der Waals surface area contributed by atoms with Crippen molar-refractivity contribution >= 4 is 12.1 Å². The van der Waals surface area contributed by atoms with Crippen molar-refractivity contribution in [3.05, 3.63) is 36.7 Å². The quantitative estimate of drug-likeness (QED) is 0.532. The number of carboxylic acid groups (broad SMARTS) is 1. The fraction of sp³-hybridized carbons (Fsp3) is 0.692. The largest absolute Gasteiger partial charge is 0.479 e. The van der Waals surface area contributed by atoms with Crippen LogP contribution in [-0.4, -0.2) is 65.1 Å². The average molecular weight is 476 g/mol. The first-order valence-electron chi connectivity index (χ1n) is 12.3. The number of carbonyl (C=O) groups excluding carboxylic acids is 1. The van der Waals surface area contributed by atoms with Crippen molar-refractivity contribution in [1.82, 2.24) is 15.5 Å². The van der Waals surface area contributed by atoms with E-state index in [-0.39, 0.29) is 24.1 Å². The molecule has 1 saturated heterocycles. The minimum absolute atomic E-state index is 0.0444. The molecule has 190 valence electrons. The zero-order valence-corrected chi connectivity index (χ0v) is 21.1. The van der Waals surface area contributed by atoms with Crippen LogP contribution < -0.4 is 10.6 Å². The van der Waals surface area contributed by atoms with Gasteiger partial charge in [0.1, 0.15) is 11.1 Å². The molecule has 0 aromatic rings. The number of amides is 1. The number of methoxy groups -OCH3 is 1. The SMILES string of the molecule is C=C1N[C@]2(C(=O)O)C[C@H]2/C=C\CCCCC[C@H](NC(=O)OC(C)(C)C)C(=C)N2C[C@H](OC)C[C@@H]12. The number of nitrogens with one attached hydrogen (secondary N) is 2. The Balaban J connectivity index is 1.85. The van der Waals surface area contributed by atoms with E-state index in [2.05, 4.69) is 34.8 Å². The van der Waals surface area contributed by atoms with Crippen LogP contribution in [0.4, 0.5) is 4.79 Å². The third kappa shape index (κ3) is 6.14. The Morgan fingerprint density at radius 3 is 2.65 bits per heavy atom. The molecule has 3 N–H and O–H groups in total. The van der Waals surface area contributed by atoms with Gasteiger partial charge in [0.05, 0.1) is 18.2 Å². The van der Waals surface area contributed by atoms with E-state index in [0.717, 1.165) is 37.8 Å². The van der Waals surface area contributed by atoms with Crippen molar-refractivity contribution in [1.29, 1.82) is 0 Å². The Kier molecular flexibility index (Phi) is 8.01. The van der Waals surface area contributed by atoms with E-state index in [0.29, 0.717) is 25.1 Å². The van der Waals surface area contributed by atoms with Crippen LogP contribution in [0.15, 0.2) is 36.7 Å². The number of nitrogens with zero attached hydrogens (tertiary/aromatic N) is 1. The van der Waals surface area contributed by atoms with Crippen molar-refractivity contribution in [3.63, 3.8) is 0 Å². The van der Waals surface area contributed by atoms with Gasteiger partial charge in [-0.3, -0.25) is 0 Å². The van der Waals surface area contributed by atoms with Crippen LogP contribution in [0.3, 0.4) is 0 Å². The number of hydrogen-bond acceptors (Lipinski definition) is 6. The van der Waals surface area contributed by atoms with E-state index in [9.17, 15) is 14.7 Å². The highest BCUT2D eigenvalue weighted by Crippen LogP contribution is 2.46. The number of hydrogen-bond donors (Lipinski definition) is 3. The molecule has 3 aliphatic rings. The molecule has 0 spiro atoms. The van der Waals surface area contributed by atoms with Gasteiger partial charge in [0, 0.05) is 37.4 Å². The Morgan fingerprint density at radius 1 is 1.26 bits per heavy atom. The topological polar surface area (TPSA) is 100 Å². The summed E-state index contributed by atoms with van der Waals surface area (Å²) in [5.41, 5.74) is -0.202. The van der Waals surface area contributed by atoms with Gasteiger partial charge in [-0.1, -0.05) is 38.2 Å². The van der Waals surface area contributed by atoms with Gasteiger partial charge in [-0.2, -0.15) is 0 Å². The van der Waals surface area contributed by atoms with E-state index in [4.69, 9.17) is 9.47 Å². The maximum absolute atomic E-state index is 12.6. The number of allylic oxidation sites excluding steroid dienone is 1. The molecule has 0 aromatic heterocycles. The van der Waals surface area contributed by atoms with Gasteiger partial charge in [-0.15, -0.1) is 0 Å². The summed E-state index contributed by atoms with van der Waals surface area (Å²) >= 11 is 0. The van der Waals surface area contributed by atoms with Crippen LogP contribution in [-0.2, 0) is 14.3 Å². The highest BCUT2D eigenvalue weighted by atomic mass is 16.6. The van der Waals surface area contributed by atoms with E-state index in [1.165, 1.54) is 0 Å². The molecule has 0 unspecified atom stereocenters. The normalized spacial score (nSPS) is 33.5. The summed E-state index contributed by atoms with van der Waals surface area (Å²) in [5.74, 6) is -0.909. The monoisotopic (exact) mass is 475 g/mol. The highest BCUT2D eigenvalue weighted by Gasteiger charge is 2.60. The number of aliphatic carboxylic acids is 1. The summed E-state index contributed by atoms with van der Waals surface area (Å²) in [6.45, 7) is 14.7. The van der Waals surface area contributed by atoms with Crippen LogP contribution in [0, 0.1) is 5.92 Å². The van der Waals surface area contributed by atoms with Gasteiger partial charge in [0.15, 0.2) is 0 Å². The molecule has 0 aromatic carbocycles. The fourth-order valence-electron chi connectivity index (χ4n) is 4.97. The van der Waals surface area contributed by atoms with E-state index >= 15 is 0 Å². The van der Waals surface area contributed by atoms with Crippen LogP contribution >= 0.6 is 0 Å². The van der Waals surface area contributed by atoms with Gasteiger partial charge >= 0.3 is 12.1 Å². The molecule has 2 aliphatic heterocycles. The lowest BCUT2D eigenvalue weighted by Crippen LogP contribution is -2.48. The summed E-state index contributed by atoms with van der Waals surface area (Å²) in [6, 6.07) is -0.490. The van der Waals surface area contributed by atoms with Crippen molar-refractivity contribution in [2.45, 2.75) is 95.0 Å². The van der Waals surface area contributed by atoms with Gasteiger partial charge in [0.25, 0.3) is 0 Å². The van der Waals surface area contributed by atoms with Gasteiger partial charge < -0.3 is 30.1 Å². The van der Waals surface area contributed by atoms with Crippen LogP contribution in [0.5, 0.6) is 0 Å². The third-order valence-electron chi connectivity index (χ3n) is 6.97. The second-order valence-electron chi connectivity index (χ2n) is 10.8. The molecule has 2 fully saturated rings. The molecule has 0 bridgehead atoms. The molecule has 34 heavy (non-hydrogen) atoms. The molecule has 8 heteroatoms. The first-order valence-corrected chi connectivity index (χ1v) is 12.3. The summed E-state index contributed by atoms with van der Waals surface area (Å²) in [6.07, 6.45) is 9.41. The van der Waals surface area contributed by atoms with Crippen molar-refractivity contribution < 1.29 is 24.2 Å². The second-order valence-corrected chi connectivity index (χ2v) is 10.8. The molecule has 1 saturated carbocycles. The molecule has 1 amide bonds. The van der Waals surface area contributed by atoms with Gasteiger partial charge in [-0.25, -0.2) is 9.59 Å². The average Bonchev–Trinajstić information content (AvgIpc) is 3.26. The third-order valence-corrected chi connectivity index (χ3v) is 6.97. The van der Waals surface area contributed by atoms with E-state index in [1.807, 2.05) is 26.8 Å². The molecule has 2 heterocycles. The predicted octanol–water partition coefficient (Wildman–Crippen LogP) is 3.95. The molecule has 1 aliphatic carbocycles. The Labute approximate surface area is 203 Å². The van der Waals surface area contributed by atoms with Gasteiger partial charge in [-0.05, 0) is 46.5 Å². The first kappa shape index (κ1) is 26.1. The maximum Gasteiger partial charge on any atom is 0.408 e. The fourth-order valence-corrected chi connectivity index (χ4v) is 4.97. The number of rotatable bonds is 3. The molecule has 8 nitrogen and oxygen atoms in total. The second kappa shape index (κ2) is 10.4. The minimum Gasteiger partial charge on any atom is -0.479 e. The number of alkyl carbamates (subject to hydrolysis) is 1. The zero-order chi connectivity index (χ0) is 25.1. The lowest BCUT2D eigenvalue weighted by atomic mass is 10.0. The minimum atomic E-state index is -1.01. The standard InChI is InChI=1S/C26H41N3O5/c1-17-22-14-20(33-6)16-29(22)18(2)21(27-24(32)34-25(3,4)5)13-11-9-7-8-10-12-19-15-26(19,28-17)23(30)31/h10,12,19-22,28H,1-2,7-9,11,13-16H2,3-6H3,(H,27,32)(H,30,31)/b12-10-/t19-,20-,21+,22+,26-/m1/s1. The molecule has 3 rings (SSSR count). The van der Waals surface area contributed by atoms with Crippen LogP contribution in [0.1, 0.15) is 65.7 Å². The Morgan fingerprint density at radius 2 is 2.00 bits per heavy atom. The van der Waals surface area contributed by atoms with Crippen molar-refractivity contribution in [2.75, 3.05) is 13.7 Å². The smallest absolute Gasteiger partial charge is 0.408 e. The van der Waals surface area contributed by atoms with Crippen LogP contribution in [0.25, 0.3) is 0 Å². The summed E-state index contributed by atoms with van der Waals surface area (Å²) in [5, 5.41) is 16.3. The van der Waals surface area contributed by atoms with E-state index < -0.39 is 23.2 Å². The molecule has 5 atom stereocenters. The Hall–Kier alpha value is -2.48. The van der Waals surface area contributed by atoms with Crippen molar-refractivity contribution in [2.24, 2.45) is 5.92 Å². The molecular formula is C26H41N3O5. The lowest BCUT2D eigenvalue weighted by molar-refractivity contribution is -0.140. The van der Waals surface area contributed by atoms with Crippen molar-refractivity contribution in [3.8, 4) is 0 Å². The Bertz CT molecular complexity index is 833. The summed E-state index contributed by atoms with van der Waals surface area (Å²) in [7, 11) is 1.67. The molecule has 0 radical (unpaired) electrons. The van der Waals surface area contributed by atoms with Gasteiger partial charge in [0.2, 0.25) is 0 Å². The number of ether oxygens (including phenoxy) is 2. The number of carboxylic acids is 1. The number of carbonyl (C=O) groups is 2. The first-order chi connectivity index (χ1) is 16.0. The van der Waals surface area contributed by atoms with Crippen LogP contribution in [0.2, 0.25) is 0 Å². The maximum atomic E-state index is 12.6. The van der Waals surface area contributed by atoms with E-state index in [1.54, 1.807) is 7.11 Å². The number of fused-ring (bicyclic) bond motifs is 2. The summed E-state index contributed by atoms with van der Waals surface area (Å²) in [4.78, 5) is 26.9.